The van der Waals surface area contributed by atoms with Crippen LogP contribution in [0.4, 0.5) is 0 Å². The van der Waals surface area contributed by atoms with Gasteiger partial charge in [-0.3, -0.25) is 14.4 Å². The Morgan fingerprint density at radius 3 is 2.40 bits per heavy atom. The van der Waals surface area contributed by atoms with Gasteiger partial charge in [0.05, 0.1) is 12.0 Å². The number of hydrogen-bond acceptors (Lipinski definition) is 6. The number of fused-ring (bicyclic) bond motifs is 1. The van der Waals surface area contributed by atoms with Crippen molar-refractivity contribution in [1.29, 1.82) is 0 Å². The highest BCUT2D eigenvalue weighted by Crippen LogP contribution is 2.60. The molecule has 0 aromatic heterocycles. The summed E-state index contributed by atoms with van der Waals surface area (Å²) in [6, 6.07) is 0. The fourth-order valence-corrected chi connectivity index (χ4v) is 7.90. The number of aliphatic hydroxyl groups is 1. The monoisotopic (exact) mass is 558 g/mol. The molecule has 40 heavy (non-hydrogen) atoms. The van der Waals surface area contributed by atoms with Crippen LogP contribution in [0.3, 0.4) is 0 Å². The Balaban J connectivity index is 1.79. The number of hydrogen-bond donors (Lipinski definition) is 2. The summed E-state index contributed by atoms with van der Waals surface area (Å²) >= 11 is 0. The Morgan fingerprint density at radius 2 is 1.80 bits per heavy atom. The first kappa shape index (κ1) is 32.1. The van der Waals surface area contributed by atoms with Gasteiger partial charge in [-0.2, -0.15) is 0 Å². The molecule has 0 aromatic rings. The minimum absolute atomic E-state index is 0.0288. The molecule has 0 radical (unpaired) electrons. The summed E-state index contributed by atoms with van der Waals surface area (Å²) in [5.41, 5.74) is 1.48. The van der Waals surface area contributed by atoms with Gasteiger partial charge in [0, 0.05) is 26.7 Å². The van der Waals surface area contributed by atoms with Gasteiger partial charge in [0.2, 0.25) is 0 Å². The van der Waals surface area contributed by atoms with Crippen molar-refractivity contribution in [2.75, 3.05) is 0 Å². The second-order valence-electron chi connectivity index (χ2n) is 13.3. The third kappa shape index (κ3) is 7.65. The summed E-state index contributed by atoms with van der Waals surface area (Å²) in [5, 5.41) is 20.5. The third-order valence-electron chi connectivity index (χ3n) is 9.87. The van der Waals surface area contributed by atoms with Crippen LogP contribution in [0.2, 0.25) is 0 Å². The van der Waals surface area contributed by atoms with Crippen molar-refractivity contribution in [2.24, 2.45) is 29.1 Å². The van der Waals surface area contributed by atoms with Gasteiger partial charge in [-0.15, -0.1) is 0 Å². The highest BCUT2D eigenvalue weighted by Gasteiger charge is 2.50. The van der Waals surface area contributed by atoms with E-state index in [1.807, 2.05) is 6.08 Å². The number of carbonyl (C=O) groups excluding carboxylic acids is 2. The van der Waals surface area contributed by atoms with Gasteiger partial charge in [-0.1, -0.05) is 52.0 Å². The lowest BCUT2D eigenvalue weighted by Gasteiger charge is -2.44. The number of carboxylic acids is 1. The van der Waals surface area contributed by atoms with E-state index in [-0.39, 0.29) is 30.3 Å². The number of carbonyl (C=O) groups is 3. The maximum absolute atomic E-state index is 11.7. The zero-order valence-electron chi connectivity index (χ0n) is 25.3. The molecule has 3 fully saturated rings. The second-order valence-corrected chi connectivity index (χ2v) is 13.3. The molecule has 3 aliphatic rings. The fourth-order valence-electron chi connectivity index (χ4n) is 7.90. The first-order chi connectivity index (χ1) is 18.6. The van der Waals surface area contributed by atoms with Gasteiger partial charge in [0.25, 0.3) is 0 Å². The molecule has 7 heteroatoms. The Kier molecular flexibility index (Phi) is 10.5. The summed E-state index contributed by atoms with van der Waals surface area (Å²) in [7, 11) is 0. The van der Waals surface area contributed by atoms with Gasteiger partial charge in [-0.05, 0) is 85.2 Å². The van der Waals surface area contributed by atoms with E-state index in [4.69, 9.17) is 9.47 Å². The highest BCUT2D eigenvalue weighted by atomic mass is 16.5. The summed E-state index contributed by atoms with van der Waals surface area (Å²) in [4.78, 5) is 34.7. The maximum Gasteiger partial charge on any atom is 0.306 e. The van der Waals surface area contributed by atoms with Gasteiger partial charge < -0.3 is 19.7 Å². The largest absolute Gasteiger partial charge is 0.481 e. The van der Waals surface area contributed by atoms with Crippen LogP contribution in [-0.4, -0.2) is 45.9 Å². The van der Waals surface area contributed by atoms with E-state index >= 15 is 0 Å². The Bertz CT molecular complexity index is 1040. The predicted molar refractivity (Wildman–Crippen MR) is 154 cm³/mol. The molecule has 224 valence electrons. The smallest absolute Gasteiger partial charge is 0.306 e. The molecular formula is C33H50O7. The molecule has 0 saturated heterocycles. The van der Waals surface area contributed by atoms with Crippen LogP contribution in [0.15, 0.2) is 35.5 Å². The minimum Gasteiger partial charge on any atom is -0.481 e. The molecule has 0 spiro atoms. The van der Waals surface area contributed by atoms with Gasteiger partial charge in [0.1, 0.15) is 12.2 Å². The molecule has 0 heterocycles. The molecule has 7 atom stereocenters. The van der Waals surface area contributed by atoms with Crippen LogP contribution < -0.4 is 0 Å². The predicted octanol–water partition coefficient (Wildman–Crippen LogP) is 6.55. The van der Waals surface area contributed by atoms with Crippen molar-refractivity contribution in [3.8, 4) is 0 Å². The summed E-state index contributed by atoms with van der Waals surface area (Å²) in [5.74, 6) is 0.107. The van der Waals surface area contributed by atoms with E-state index in [9.17, 15) is 24.6 Å². The van der Waals surface area contributed by atoms with E-state index in [0.717, 1.165) is 37.7 Å². The fraction of sp³-hybridized carbons (Fsp3) is 0.727. The average Bonchev–Trinajstić information content (AvgIpc) is 3.19. The van der Waals surface area contributed by atoms with Crippen LogP contribution in [-0.2, 0) is 23.9 Å². The number of allylic oxidation sites excluding steroid dienone is 3. The molecule has 3 rings (SSSR count). The lowest BCUT2D eigenvalue weighted by atomic mass is 9.60. The Morgan fingerprint density at radius 1 is 1.10 bits per heavy atom. The van der Waals surface area contributed by atoms with Crippen molar-refractivity contribution in [1.82, 2.24) is 0 Å². The van der Waals surface area contributed by atoms with Crippen molar-refractivity contribution < 1.29 is 34.1 Å². The Labute approximate surface area is 240 Å². The minimum atomic E-state index is -1.49. The first-order valence-corrected chi connectivity index (χ1v) is 15.0. The summed E-state index contributed by atoms with van der Waals surface area (Å²) < 4.78 is 11.0. The molecule has 3 aliphatic carbocycles. The SMILES string of the molecule is C=C1/C(=C\C=C2/CCC[C@]3(C)[C@@H]([C@H](C)CCC(OC(C)=O)C(C)C)CC[C@@H]23)C[C@](O)(CC(=O)O)C[C@@H]1OC(C)=O. The number of aliphatic carboxylic acids is 1. The van der Waals surface area contributed by atoms with Gasteiger partial charge >= 0.3 is 17.9 Å². The highest BCUT2D eigenvalue weighted by molar-refractivity contribution is 5.69. The third-order valence-corrected chi connectivity index (χ3v) is 9.87. The maximum atomic E-state index is 11.7. The number of carboxylic acid groups (broad SMARTS) is 1. The van der Waals surface area contributed by atoms with Crippen molar-refractivity contribution in [3.05, 3.63) is 35.5 Å². The molecule has 0 bridgehead atoms. The van der Waals surface area contributed by atoms with E-state index in [2.05, 4.69) is 40.3 Å². The quantitative estimate of drug-likeness (QED) is 0.293. The second kappa shape index (κ2) is 13.1. The number of rotatable bonds is 10. The molecule has 0 amide bonds. The molecule has 0 aliphatic heterocycles. The van der Waals surface area contributed by atoms with E-state index in [1.54, 1.807) is 0 Å². The zero-order chi connectivity index (χ0) is 29.8. The van der Waals surface area contributed by atoms with Crippen LogP contribution in [0.1, 0.15) is 106 Å². The van der Waals surface area contributed by atoms with Crippen molar-refractivity contribution >= 4 is 17.9 Å². The first-order valence-electron chi connectivity index (χ1n) is 15.0. The summed E-state index contributed by atoms with van der Waals surface area (Å²) in [6.07, 6.45) is 10.7. The van der Waals surface area contributed by atoms with Crippen LogP contribution in [0.25, 0.3) is 0 Å². The Hall–Kier alpha value is -2.41. The lowest BCUT2D eigenvalue weighted by Crippen LogP contribution is -2.42. The van der Waals surface area contributed by atoms with Crippen LogP contribution >= 0.6 is 0 Å². The van der Waals surface area contributed by atoms with E-state index in [0.29, 0.717) is 29.2 Å². The zero-order valence-corrected chi connectivity index (χ0v) is 25.3. The normalized spacial score (nSPS) is 34.0. The average molecular weight is 559 g/mol. The van der Waals surface area contributed by atoms with Crippen molar-refractivity contribution in [2.45, 2.75) is 124 Å². The topological polar surface area (TPSA) is 110 Å². The van der Waals surface area contributed by atoms with Crippen LogP contribution in [0, 0.1) is 29.1 Å². The molecule has 3 saturated carbocycles. The van der Waals surface area contributed by atoms with E-state index in [1.165, 1.54) is 32.3 Å². The number of esters is 2. The molecule has 2 N–H and O–H groups in total. The standard InChI is InChI=1S/C33H50O7/c1-20(2)29(39-23(5)34)15-10-21(3)27-13-14-28-25(9-8-16-32(27,28)7)11-12-26-17-33(38,19-31(36)37)18-30(22(26)4)40-24(6)35/h11-12,20-21,27-30,38H,4,8-10,13-19H2,1-3,5-7H3,(H,36,37)/b25-11+,26-12-/t21-,27-,28+,29?,30+,32-,33-/m1/s1. The van der Waals surface area contributed by atoms with Gasteiger partial charge in [-0.25, -0.2) is 0 Å². The lowest BCUT2D eigenvalue weighted by molar-refractivity contribution is -0.151. The molecule has 1 unspecified atom stereocenters. The van der Waals surface area contributed by atoms with Gasteiger partial charge in [0.15, 0.2) is 0 Å². The number of ether oxygens (including phenoxy) is 2. The van der Waals surface area contributed by atoms with Crippen molar-refractivity contribution in [3.63, 3.8) is 0 Å². The molecule has 0 aromatic carbocycles. The molecular weight excluding hydrogens is 508 g/mol. The molecule has 7 nitrogen and oxygen atoms in total. The summed E-state index contributed by atoms with van der Waals surface area (Å²) in [6.45, 7) is 16.0. The van der Waals surface area contributed by atoms with E-state index < -0.39 is 30.1 Å². The van der Waals surface area contributed by atoms with Crippen LogP contribution in [0.5, 0.6) is 0 Å².